The molecule has 0 spiro atoms. The quantitative estimate of drug-likeness (QED) is 0.798. The second-order valence-electron chi connectivity index (χ2n) is 6.34. The number of pyridine rings is 1. The Labute approximate surface area is 139 Å². The van der Waals surface area contributed by atoms with Crippen LogP contribution in [-0.4, -0.2) is 28.1 Å². The Morgan fingerprint density at radius 1 is 1.29 bits per heavy atom. The lowest BCUT2D eigenvalue weighted by Gasteiger charge is -2.31. The molecule has 3 N–H and O–H groups in total. The van der Waals surface area contributed by atoms with Gasteiger partial charge in [-0.3, -0.25) is 4.79 Å². The Balaban J connectivity index is 1.57. The first-order valence-electron chi connectivity index (χ1n) is 8.17. The zero-order valence-corrected chi connectivity index (χ0v) is 13.5. The summed E-state index contributed by atoms with van der Waals surface area (Å²) >= 11 is 0. The van der Waals surface area contributed by atoms with Gasteiger partial charge < -0.3 is 20.2 Å². The molecule has 2 heterocycles. The number of rotatable bonds is 4. The summed E-state index contributed by atoms with van der Waals surface area (Å²) < 4.78 is 5.24. The fourth-order valence-corrected chi connectivity index (χ4v) is 3.41. The predicted octanol–water partition coefficient (Wildman–Crippen LogP) is 3.23. The molecule has 0 aromatic carbocycles. The van der Waals surface area contributed by atoms with Gasteiger partial charge in [0.2, 0.25) is 11.6 Å². The summed E-state index contributed by atoms with van der Waals surface area (Å²) in [6, 6.07) is 3.46. The van der Waals surface area contributed by atoms with Crippen molar-refractivity contribution in [3.05, 3.63) is 24.6 Å². The molecule has 0 radical (unpaired) electrons. The summed E-state index contributed by atoms with van der Waals surface area (Å²) in [5.74, 6) is 0.237. The highest BCUT2D eigenvalue weighted by Gasteiger charge is 2.29. The van der Waals surface area contributed by atoms with Crippen molar-refractivity contribution >= 4 is 28.8 Å². The number of aromatic nitrogens is 1. The van der Waals surface area contributed by atoms with Crippen molar-refractivity contribution in [3.8, 4) is 0 Å². The fourth-order valence-electron chi connectivity index (χ4n) is 3.41. The monoisotopic (exact) mass is 331 g/mol. The van der Waals surface area contributed by atoms with E-state index >= 15 is 0 Å². The second-order valence-corrected chi connectivity index (χ2v) is 6.34. The third-order valence-electron chi connectivity index (χ3n) is 4.83. The average molecular weight is 331 g/mol. The van der Waals surface area contributed by atoms with Gasteiger partial charge in [-0.1, -0.05) is 0 Å². The molecule has 3 rings (SSSR count). The van der Waals surface area contributed by atoms with E-state index in [1.165, 1.54) is 0 Å². The summed E-state index contributed by atoms with van der Waals surface area (Å²) in [4.78, 5) is 27.3. The van der Waals surface area contributed by atoms with Gasteiger partial charge in [-0.15, -0.1) is 0 Å². The van der Waals surface area contributed by atoms with Crippen LogP contribution in [0.4, 0.5) is 10.5 Å². The Hall–Kier alpha value is -2.57. The summed E-state index contributed by atoms with van der Waals surface area (Å²) in [7, 11) is 0. The minimum absolute atomic E-state index is 0.000923. The highest BCUT2D eigenvalue weighted by molar-refractivity contribution is 6.00. The number of nitrogens with one attached hydrogen (secondary N) is 2. The highest BCUT2D eigenvalue weighted by atomic mass is 16.4. The molecule has 7 nitrogen and oxygen atoms in total. The summed E-state index contributed by atoms with van der Waals surface area (Å²) in [6.07, 6.45) is 5.38. The molecule has 0 saturated heterocycles. The van der Waals surface area contributed by atoms with Gasteiger partial charge in [0.05, 0.1) is 17.3 Å². The molecule has 1 saturated carbocycles. The van der Waals surface area contributed by atoms with Gasteiger partial charge >= 0.3 is 6.09 Å². The molecule has 1 fully saturated rings. The molecule has 0 aliphatic heterocycles. The predicted molar refractivity (Wildman–Crippen MR) is 88.7 cm³/mol. The number of hydrogen-bond acceptors (Lipinski definition) is 4. The van der Waals surface area contributed by atoms with Crippen LogP contribution in [0.3, 0.4) is 0 Å². The van der Waals surface area contributed by atoms with E-state index < -0.39 is 6.09 Å². The zero-order valence-electron chi connectivity index (χ0n) is 13.5. The van der Waals surface area contributed by atoms with Crippen LogP contribution in [0.1, 0.15) is 32.6 Å². The number of carbonyl (C=O) groups excluding carboxylic acids is 1. The number of hydrogen-bond donors (Lipinski definition) is 3. The summed E-state index contributed by atoms with van der Waals surface area (Å²) in [6.45, 7) is 1.88. The summed E-state index contributed by atoms with van der Waals surface area (Å²) in [5, 5.41) is 15.1. The molecule has 1 aliphatic carbocycles. The number of carboxylic acid groups (broad SMARTS) is 1. The van der Waals surface area contributed by atoms with E-state index in [4.69, 9.17) is 9.52 Å². The molecule has 7 heteroatoms. The average Bonchev–Trinajstić information content (AvgIpc) is 3.04. The molecule has 2 aromatic heterocycles. The Morgan fingerprint density at radius 2 is 2.04 bits per heavy atom. The van der Waals surface area contributed by atoms with Crippen molar-refractivity contribution in [1.29, 1.82) is 0 Å². The van der Waals surface area contributed by atoms with Gasteiger partial charge in [-0.2, -0.15) is 0 Å². The maximum atomic E-state index is 12.5. The standard InChI is InChI=1S/C17H21N3O4/c1-10(19-17(22)23)11-2-4-12(5-3-11)15(21)20-14-6-8-18-16-13(14)7-9-24-16/h6-12,19H,2-5H2,1H3,(H,22,23)(H,18,20,21). The van der Waals surface area contributed by atoms with Crippen molar-refractivity contribution in [2.75, 3.05) is 5.32 Å². The third kappa shape index (κ3) is 3.50. The number of anilines is 1. The largest absolute Gasteiger partial charge is 0.465 e. The number of furan rings is 1. The first-order chi connectivity index (χ1) is 11.5. The van der Waals surface area contributed by atoms with E-state index in [2.05, 4.69) is 15.6 Å². The van der Waals surface area contributed by atoms with Crippen LogP contribution in [0.15, 0.2) is 29.0 Å². The molecule has 0 bridgehead atoms. The zero-order chi connectivity index (χ0) is 17.1. The van der Waals surface area contributed by atoms with Crippen LogP contribution >= 0.6 is 0 Å². The van der Waals surface area contributed by atoms with Crippen LogP contribution in [-0.2, 0) is 4.79 Å². The maximum absolute atomic E-state index is 12.5. The SMILES string of the molecule is CC(NC(=O)O)C1CCC(C(=O)Nc2ccnc3occc23)CC1. The first kappa shape index (κ1) is 16.3. The van der Waals surface area contributed by atoms with Gasteiger partial charge in [-0.25, -0.2) is 9.78 Å². The lowest BCUT2D eigenvalue weighted by molar-refractivity contribution is -0.121. The van der Waals surface area contributed by atoms with Gasteiger partial charge in [-0.05, 0) is 50.7 Å². The molecule has 1 atom stereocenters. The molecule has 128 valence electrons. The molecule has 2 aromatic rings. The van der Waals surface area contributed by atoms with Gasteiger partial charge in [0.25, 0.3) is 0 Å². The maximum Gasteiger partial charge on any atom is 0.404 e. The Bertz CT molecular complexity index is 734. The molecule has 24 heavy (non-hydrogen) atoms. The topological polar surface area (TPSA) is 104 Å². The minimum Gasteiger partial charge on any atom is -0.465 e. The van der Waals surface area contributed by atoms with Crippen molar-refractivity contribution in [2.24, 2.45) is 11.8 Å². The van der Waals surface area contributed by atoms with Gasteiger partial charge in [0.1, 0.15) is 0 Å². The Kier molecular flexibility index (Phi) is 4.69. The number of amides is 2. The molecule has 1 aliphatic rings. The van der Waals surface area contributed by atoms with Crippen LogP contribution < -0.4 is 10.6 Å². The van der Waals surface area contributed by atoms with Gasteiger partial charge in [0.15, 0.2) is 0 Å². The molecular weight excluding hydrogens is 310 g/mol. The van der Waals surface area contributed by atoms with E-state index in [0.717, 1.165) is 31.1 Å². The number of carbonyl (C=O) groups is 2. The van der Waals surface area contributed by atoms with Crippen LogP contribution in [0, 0.1) is 11.8 Å². The van der Waals surface area contributed by atoms with E-state index in [1.807, 2.05) is 6.92 Å². The number of nitrogens with zero attached hydrogens (tertiary/aromatic N) is 1. The molecular formula is C17H21N3O4. The smallest absolute Gasteiger partial charge is 0.404 e. The van der Waals surface area contributed by atoms with E-state index in [0.29, 0.717) is 11.4 Å². The minimum atomic E-state index is -0.996. The fraction of sp³-hybridized carbons (Fsp3) is 0.471. The van der Waals surface area contributed by atoms with Crippen molar-refractivity contribution in [1.82, 2.24) is 10.3 Å². The van der Waals surface area contributed by atoms with Crippen molar-refractivity contribution in [3.63, 3.8) is 0 Å². The second kappa shape index (κ2) is 6.90. The first-order valence-corrected chi connectivity index (χ1v) is 8.17. The van der Waals surface area contributed by atoms with Crippen LogP contribution in [0.5, 0.6) is 0 Å². The number of fused-ring (bicyclic) bond motifs is 1. The summed E-state index contributed by atoms with van der Waals surface area (Å²) in [5.41, 5.74) is 1.21. The molecule has 2 amide bonds. The highest BCUT2D eigenvalue weighted by Crippen LogP contribution is 2.32. The van der Waals surface area contributed by atoms with E-state index in [1.54, 1.807) is 24.6 Å². The lowest BCUT2D eigenvalue weighted by atomic mass is 9.78. The van der Waals surface area contributed by atoms with Crippen LogP contribution in [0.25, 0.3) is 11.1 Å². The van der Waals surface area contributed by atoms with E-state index in [-0.39, 0.29) is 23.8 Å². The Morgan fingerprint density at radius 3 is 2.75 bits per heavy atom. The van der Waals surface area contributed by atoms with E-state index in [9.17, 15) is 9.59 Å². The van der Waals surface area contributed by atoms with Crippen molar-refractivity contribution in [2.45, 2.75) is 38.6 Å². The van der Waals surface area contributed by atoms with Crippen LogP contribution in [0.2, 0.25) is 0 Å². The van der Waals surface area contributed by atoms with Gasteiger partial charge in [0, 0.05) is 18.2 Å². The lowest BCUT2D eigenvalue weighted by Crippen LogP contribution is -2.39. The third-order valence-corrected chi connectivity index (χ3v) is 4.83. The normalized spacial score (nSPS) is 22.0. The van der Waals surface area contributed by atoms with Crippen molar-refractivity contribution < 1.29 is 19.1 Å². The molecule has 1 unspecified atom stereocenters.